The zero-order valence-electron chi connectivity index (χ0n) is 15.2. The van der Waals surface area contributed by atoms with E-state index in [2.05, 4.69) is 25.6 Å². The van der Waals surface area contributed by atoms with Crippen molar-refractivity contribution < 1.29 is 18.3 Å². The molecule has 1 atom stereocenters. The Kier molecular flexibility index (Phi) is 6.19. The van der Waals surface area contributed by atoms with Crippen LogP contribution in [0.2, 0.25) is 5.02 Å². The molecule has 0 aliphatic rings. The van der Waals surface area contributed by atoms with Crippen LogP contribution in [-0.2, 0) is 6.18 Å². The Morgan fingerprint density at radius 3 is 2.48 bits per heavy atom. The molecule has 0 amide bonds. The maximum absolute atomic E-state index is 13.1. The third kappa shape index (κ3) is 5.33. The van der Waals surface area contributed by atoms with Crippen LogP contribution in [0, 0.1) is 0 Å². The smallest absolute Gasteiger partial charge is 0.394 e. The van der Waals surface area contributed by atoms with E-state index >= 15 is 0 Å². The lowest BCUT2D eigenvalue weighted by Gasteiger charge is -2.15. The van der Waals surface area contributed by atoms with Gasteiger partial charge in [-0.15, -0.1) is 0 Å². The standard InChI is InChI=1S/C19H17ClF3N5O/c1-11(10-29)25-18-27-16(12-4-6-24-7-5-12)9-17(28-18)26-13-2-3-15(20)14(8-13)19(21,22)23/h2-9,11,29H,10H2,1H3,(H2,25,26,27,28)/t11-/m1/s1. The summed E-state index contributed by atoms with van der Waals surface area (Å²) < 4.78 is 39.4. The number of pyridine rings is 1. The van der Waals surface area contributed by atoms with Crippen LogP contribution in [0.25, 0.3) is 11.3 Å². The molecule has 2 aromatic heterocycles. The van der Waals surface area contributed by atoms with Crippen LogP contribution >= 0.6 is 11.6 Å². The molecule has 1 aromatic carbocycles. The lowest BCUT2D eigenvalue weighted by Crippen LogP contribution is -2.21. The number of benzene rings is 1. The number of rotatable bonds is 6. The molecule has 0 bridgehead atoms. The van der Waals surface area contributed by atoms with E-state index in [4.69, 9.17) is 11.6 Å². The monoisotopic (exact) mass is 423 g/mol. The molecule has 0 aliphatic carbocycles. The number of hydrogen-bond donors (Lipinski definition) is 3. The van der Waals surface area contributed by atoms with Gasteiger partial charge in [-0.25, -0.2) is 4.98 Å². The molecule has 0 aliphatic heterocycles. The van der Waals surface area contributed by atoms with Gasteiger partial charge in [-0.3, -0.25) is 4.98 Å². The van der Waals surface area contributed by atoms with Crippen molar-refractivity contribution in [2.45, 2.75) is 19.1 Å². The molecule has 0 saturated carbocycles. The van der Waals surface area contributed by atoms with Gasteiger partial charge >= 0.3 is 6.18 Å². The first kappa shape index (κ1) is 20.8. The summed E-state index contributed by atoms with van der Waals surface area (Å²) in [6.45, 7) is 1.60. The van der Waals surface area contributed by atoms with E-state index < -0.39 is 11.7 Å². The molecule has 2 heterocycles. The summed E-state index contributed by atoms with van der Waals surface area (Å²) in [5, 5.41) is 14.7. The Morgan fingerprint density at radius 2 is 1.83 bits per heavy atom. The molecule has 10 heteroatoms. The van der Waals surface area contributed by atoms with Crippen molar-refractivity contribution in [2.75, 3.05) is 17.2 Å². The fraction of sp³-hybridized carbons (Fsp3) is 0.211. The number of halogens is 4. The maximum atomic E-state index is 13.1. The second kappa shape index (κ2) is 8.62. The minimum atomic E-state index is -4.58. The SMILES string of the molecule is C[C@H](CO)Nc1nc(Nc2ccc(Cl)c(C(F)(F)F)c2)cc(-c2ccncc2)n1. The van der Waals surface area contributed by atoms with Crippen molar-refractivity contribution >= 4 is 29.1 Å². The van der Waals surface area contributed by atoms with Crippen molar-refractivity contribution in [3.8, 4) is 11.3 Å². The van der Waals surface area contributed by atoms with Crippen molar-refractivity contribution in [3.05, 3.63) is 59.4 Å². The first-order valence-electron chi connectivity index (χ1n) is 8.57. The predicted octanol–water partition coefficient (Wildman–Crippen LogP) is 4.75. The van der Waals surface area contributed by atoms with Crippen LogP contribution in [0.5, 0.6) is 0 Å². The maximum Gasteiger partial charge on any atom is 0.417 e. The summed E-state index contributed by atoms with van der Waals surface area (Å²) in [6, 6.07) is 8.29. The van der Waals surface area contributed by atoms with Gasteiger partial charge in [-0.2, -0.15) is 18.2 Å². The highest BCUT2D eigenvalue weighted by Crippen LogP contribution is 2.36. The summed E-state index contributed by atoms with van der Waals surface area (Å²) >= 11 is 5.67. The third-order valence-electron chi connectivity index (χ3n) is 3.90. The van der Waals surface area contributed by atoms with Crippen LogP contribution in [0.3, 0.4) is 0 Å². The number of alkyl halides is 3. The summed E-state index contributed by atoms with van der Waals surface area (Å²) in [6.07, 6.45) is -1.38. The number of anilines is 3. The van der Waals surface area contributed by atoms with Crippen molar-refractivity contribution in [1.29, 1.82) is 0 Å². The third-order valence-corrected chi connectivity index (χ3v) is 4.23. The Morgan fingerprint density at radius 1 is 1.10 bits per heavy atom. The van der Waals surface area contributed by atoms with Crippen molar-refractivity contribution in [1.82, 2.24) is 15.0 Å². The zero-order valence-corrected chi connectivity index (χ0v) is 16.0. The van der Waals surface area contributed by atoms with Gasteiger partial charge in [0.05, 0.1) is 22.9 Å². The number of aliphatic hydroxyl groups is 1. The Labute approximate surface area is 169 Å². The van der Waals surface area contributed by atoms with E-state index in [1.54, 1.807) is 37.5 Å². The van der Waals surface area contributed by atoms with E-state index in [0.717, 1.165) is 11.6 Å². The largest absolute Gasteiger partial charge is 0.417 e. The first-order chi connectivity index (χ1) is 13.8. The van der Waals surface area contributed by atoms with Crippen LogP contribution in [-0.4, -0.2) is 32.7 Å². The van der Waals surface area contributed by atoms with Crippen LogP contribution in [0.1, 0.15) is 12.5 Å². The van der Waals surface area contributed by atoms with Gasteiger partial charge in [0, 0.05) is 35.8 Å². The second-order valence-electron chi connectivity index (χ2n) is 6.24. The number of nitrogens with one attached hydrogen (secondary N) is 2. The minimum absolute atomic E-state index is 0.141. The van der Waals surface area contributed by atoms with Crippen molar-refractivity contribution in [2.24, 2.45) is 0 Å². The highest BCUT2D eigenvalue weighted by atomic mass is 35.5. The second-order valence-corrected chi connectivity index (χ2v) is 6.65. The summed E-state index contributed by atoms with van der Waals surface area (Å²) in [5.41, 5.74) is 0.502. The van der Waals surface area contributed by atoms with Crippen LogP contribution in [0.15, 0.2) is 48.8 Å². The molecular formula is C19H17ClF3N5O. The van der Waals surface area contributed by atoms with Crippen molar-refractivity contribution in [3.63, 3.8) is 0 Å². The number of nitrogens with zero attached hydrogens (tertiary/aromatic N) is 3. The number of aliphatic hydroxyl groups excluding tert-OH is 1. The highest BCUT2D eigenvalue weighted by Gasteiger charge is 2.33. The molecule has 152 valence electrons. The molecule has 0 fully saturated rings. The van der Waals surface area contributed by atoms with Gasteiger partial charge in [-0.1, -0.05) is 11.6 Å². The Hall–Kier alpha value is -2.91. The zero-order chi connectivity index (χ0) is 21.0. The Balaban J connectivity index is 1.99. The molecule has 0 radical (unpaired) electrons. The molecule has 3 aromatic rings. The number of hydrogen-bond acceptors (Lipinski definition) is 6. The van der Waals surface area contributed by atoms with E-state index in [1.165, 1.54) is 12.1 Å². The highest BCUT2D eigenvalue weighted by molar-refractivity contribution is 6.31. The van der Waals surface area contributed by atoms with Gasteiger partial charge in [0.2, 0.25) is 5.95 Å². The molecule has 29 heavy (non-hydrogen) atoms. The molecule has 6 nitrogen and oxygen atoms in total. The normalized spacial score (nSPS) is 12.5. The molecule has 3 rings (SSSR count). The quantitative estimate of drug-likeness (QED) is 0.531. The summed E-state index contributed by atoms with van der Waals surface area (Å²) in [5.74, 6) is 0.489. The average Bonchev–Trinajstić information content (AvgIpc) is 2.69. The van der Waals surface area contributed by atoms with E-state index in [9.17, 15) is 18.3 Å². The van der Waals surface area contributed by atoms with E-state index in [-0.39, 0.29) is 35.1 Å². The lowest BCUT2D eigenvalue weighted by molar-refractivity contribution is -0.137. The van der Waals surface area contributed by atoms with E-state index in [0.29, 0.717) is 5.69 Å². The topological polar surface area (TPSA) is 83.0 Å². The number of aromatic nitrogens is 3. The van der Waals surface area contributed by atoms with Gasteiger partial charge in [-0.05, 0) is 37.3 Å². The Bertz CT molecular complexity index is 985. The summed E-state index contributed by atoms with van der Waals surface area (Å²) in [4.78, 5) is 12.6. The lowest BCUT2D eigenvalue weighted by atomic mass is 10.1. The molecular weight excluding hydrogens is 407 g/mol. The molecule has 0 spiro atoms. The first-order valence-corrected chi connectivity index (χ1v) is 8.94. The molecule has 0 unspecified atom stereocenters. The van der Waals surface area contributed by atoms with Crippen LogP contribution in [0.4, 0.5) is 30.6 Å². The van der Waals surface area contributed by atoms with E-state index in [1.807, 2.05) is 0 Å². The van der Waals surface area contributed by atoms with Gasteiger partial charge < -0.3 is 15.7 Å². The van der Waals surface area contributed by atoms with Gasteiger partial charge in [0.1, 0.15) is 5.82 Å². The van der Waals surface area contributed by atoms with Gasteiger partial charge in [0.25, 0.3) is 0 Å². The molecule has 3 N–H and O–H groups in total. The minimum Gasteiger partial charge on any atom is -0.394 e. The summed E-state index contributed by atoms with van der Waals surface area (Å²) in [7, 11) is 0. The fourth-order valence-corrected chi connectivity index (χ4v) is 2.71. The average molecular weight is 424 g/mol. The molecule has 0 saturated heterocycles. The predicted molar refractivity (Wildman–Crippen MR) is 105 cm³/mol. The van der Waals surface area contributed by atoms with Crippen LogP contribution < -0.4 is 10.6 Å². The fourth-order valence-electron chi connectivity index (χ4n) is 2.48. The van der Waals surface area contributed by atoms with Gasteiger partial charge in [0.15, 0.2) is 0 Å².